The second-order valence-corrected chi connectivity index (χ2v) is 4.35. The first-order valence-electron chi connectivity index (χ1n) is 5.86. The molecule has 0 aromatic rings. The van der Waals surface area contributed by atoms with E-state index in [2.05, 4.69) is 19.9 Å². The molecule has 0 radical (unpaired) electrons. The van der Waals surface area contributed by atoms with Gasteiger partial charge in [-0.25, -0.2) is 0 Å². The van der Waals surface area contributed by atoms with E-state index in [1.54, 1.807) is 0 Å². The molecule has 0 saturated carbocycles. The van der Waals surface area contributed by atoms with Gasteiger partial charge in [-0.05, 0) is 36.8 Å². The molecule has 0 unspecified atom stereocenters. The van der Waals surface area contributed by atoms with E-state index >= 15 is 0 Å². The fourth-order valence-corrected chi connectivity index (χ4v) is 1.92. The highest BCUT2D eigenvalue weighted by Gasteiger charge is 2.30. The molecule has 1 rings (SSSR count). The number of ketones is 1. The maximum absolute atomic E-state index is 11.5. The molecule has 0 saturated heterocycles. The van der Waals surface area contributed by atoms with Crippen LogP contribution >= 0.6 is 0 Å². The summed E-state index contributed by atoms with van der Waals surface area (Å²) in [5.74, 6) is 0.312. The molecule has 0 fully saturated rings. The minimum Gasteiger partial charge on any atom is -0.295 e. The van der Waals surface area contributed by atoms with Crippen LogP contribution < -0.4 is 0 Å². The molecule has 1 aliphatic rings. The third kappa shape index (κ3) is 3.33. The van der Waals surface area contributed by atoms with Crippen molar-refractivity contribution in [1.82, 2.24) is 0 Å². The van der Waals surface area contributed by atoms with E-state index in [1.807, 2.05) is 33.8 Å². The van der Waals surface area contributed by atoms with Gasteiger partial charge < -0.3 is 0 Å². The summed E-state index contributed by atoms with van der Waals surface area (Å²) in [6.07, 6.45) is 5.77. The summed E-state index contributed by atoms with van der Waals surface area (Å²) in [5.41, 5.74) is 2.34. The fourth-order valence-electron chi connectivity index (χ4n) is 1.92. The number of rotatable bonds is 1. The van der Waals surface area contributed by atoms with Gasteiger partial charge in [-0.1, -0.05) is 39.8 Å². The summed E-state index contributed by atoms with van der Waals surface area (Å²) in [5, 5.41) is 0. The average Bonchev–Trinajstić information content (AvgIpc) is 2.22. The summed E-state index contributed by atoms with van der Waals surface area (Å²) < 4.78 is 0. The van der Waals surface area contributed by atoms with Gasteiger partial charge in [0.1, 0.15) is 0 Å². The molecule has 0 aromatic carbocycles. The van der Waals surface area contributed by atoms with Gasteiger partial charge in [0.2, 0.25) is 0 Å². The summed E-state index contributed by atoms with van der Waals surface area (Å²) in [6.45, 7) is 12.4. The lowest BCUT2D eigenvalue weighted by Crippen LogP contribution is -2.24. The maximum atomic E-state index is 11.5. The fraction of sp³-hybridized carbons (Fsp3) is 0.643. The number of hydrogen-bond donors (Lipinski definition) is 0. The van der Waals surface area contributed by atoms with Crippen LogP contribution in [0.1, 0.15) is 54.4 Å². The molecule has 0 heterocycles. The topological polar surface area (TPSA) is 17.1 Å². The molecule has 0 bridgehead atoms. The molecular formula is C14H24O. The van der Waals surface area contributed by atoms with Gasteiger partial charge in [-0.15, -0.1) is 0 Å². The first-order valence-corrected chi connectivity index (χ1v) is 5.86. The number of Topliss-reactive ketones (excluding diaryl/α,β-unsaturated/α-hetero) is 1. The van der Waals surface area contributed by atoms with Gasteiger partial charge in [-0.3, -0.25) is 4.79 Å². The minimum absolute atomic E-state index is 0.171. The van der Waals surface area contributed by atoms with E-state index in [4.69, 9.17) is 0 Å². The minimum atomic E-state index is 0.171. The maximum Gasteiger partial charge on any atom is 0.158 e. The monoisotopic (exact) mass is 208 g/mol. The third-order valence-corrected chi connectivity index (χ3v) is 2.86. The zero-order chi connectivity index (χ0) is 12.1. The van der Waals surface area contributed by atoms with Crippen LogP contribution in [-0.4, -0.2) is 5.78 Å². The standard InChI is InChI=1S/C12H18O.C2H6/c1-5-6-10-9(2)11(13)7-8-12(10,3)4;1-2/h5-6H,7-8H2,1-4H3;1-2H3/b6-5+;. The Kier molecular flexibility index (Phi) is 5.56. The van der Waals surface area contributed by atoms with Crippen molar-refractivity contribution < 1.29 is 4.79 Å². The van der Waals surface area contributed by atoms with E-state index < -0.39 is 0 Å². The Morgan fingerprint density at radius 3 is 2.27 bits per heavy atom. The van der Waals surface area contributed by atoms with Crippen LogP contribution in [0.25, 0.3) is 0 Å². The zero-order valence-corrected chi connectivity index (χ0v) is 11.0. The Bertz CT molecular complexity index is 280. The average molecular weight is 208 g/mol. The van der Waals surface area contributed by atoms with E-state index in [0.29, 0.717) is 12.2 Å². The van der Waals surface area contributed by atoms with E-state index in [9.17, 15) is 4.79 Å². The second kappa shape index (κ2) is 5.89. The molecule has 15 heavy (non-hydrogen) atoms. The van der Waals surface area contributed by atoms with Crippen molar-refractivity contribution in [3.63, 3.8) is 0 Å². The van der Waals surface area contributed by atoms with Crippen molar-refractivity contribution in [2.24, 2.45) is 5.41 Å². The van der Waals surface area contributed by atoms with Crippen LogP contribution in [0.3, 0.4) is 0 Å². The Morgan fingerprint density at radius 2 is 1.80 bits per heavy atom. The Balaban J connectivity index is 0.000000921. The highest BCUT2D eigenvalue weighted by molar-refractivity contribution is 5.97. The van der Waals surface area contributed by atoms with Crippen LogP contribution in [0, 0.1) is 5.41 Å². The van der Waals surface area contributed by atoms with E-state index in [-0.39, 0.29) is 5.41 Å². The molecule has 0 aliphatic heterocycles. The lowest BCUT2D eigenvalue weighted by molar-refractivity contribution is -0.116. The molecule has 0 N–H and O–H groups in total. The molecule has 1 heteroatoms. The largest absolute Gasteiger partial charge is 0.295 e. The van der Waals surface area contributed by atoms with Gasteiger partial charge in [-0.2, -0.15) is 0 Å². The zero-order valence-electron chi connectivity index (χ0n) is 11.0. The predicted octanol–water partition coefficient (Wildman–Crippen LogP) is 4.29. The van der Waals surface area contributed by atoms with Crippen LogP contribution in [0.2, 0.25) is 0 Å². The van der Waals surface area contributed by atoms with Gasteiger partial charge >= 0.3 is 0 Å². The quantitative estimate of drug-likeness (QED) is 0.628. The SMILES string of the molecule is C/C=C/C1=C(C)C(=O)CCC1(C)C.CC. The number of carbonyl (C=O) groups excluding carboxylic acids is 1. The number of hydrogen-bond acceptors (Lipinski definition) is 1. The highest BCUT2D eigenvalue weighted by atomic mass is 16.1. The molecule has 0 amide bonds. The van der Waals surface area contributed by atoms with Crippen LogP contribution in [0.4, 0.5) is 0 Å². The molecule has 1 aliphatic carbocycles. The van der Waals surface area contributed by atoms with Crippen LogP contribution in [-0.2, 0) is 4.79 Å². The first-order chi connectivity index (χ1) is 6.99. The molecule has 0 aromatic heterocycles. The van der Waals surface area contributed by atoms with Crippen molar-refractivity contribution in [3.8, 4) is 0 Å². The third-order valence-electron chi connectivity index (χ3n) is 2.86. The number of allylic oxidation sites excluding steroid dienone is 4. The van der Waals surface area contributed by atoms with Gasteiger partial charge in [0.25, 0.3) is 0 Å². The molecule has 86 valence electrons. The molecular weight excluding hydrogens is 184 g/mol. The first kappa shape index (κ1) is 14.2. The Hall–Kier alpha value is -0.850. The van der Waals surface area contributed by atoms with Crippen molar-refractivity contribution in [3.05, 3.63) is 23.3 Å². The second-order valence-electron chi connectivity index (χ2n) is 4.35. The van der Waals surface area contributed by atoms with Crippen LogP contribution in [0.5, 0.6) is 0 Å². The molecule has 0 atom stereocenters. The van der Waals surface area contributed by atoms with Crippen molar-refractivity contribution in [2.45, 2.75) is 54.4 Å². The van der Waals surface area contributed by atoms with E-state index in [1.165, 1.54) is 5.57 Å². The van der Waals surface area contributed by atoms with Crippen molar-refractivity contribution in [1.29, 1.82) is 0 Å². The Labute approximate surface area is 94.3 Å². The number of carbonyl (C=O) groups is 1. The van der Waals surface area contributed by atoms with Gasteiger partial charge in [0, 0.05) is 6.42 Å². The van der Waals surface area contributed by atoms with E-state index in [0.717, 1.165) is 12.0 Å². The lowest BCUT2D eigenvalue weighted by Gasteiger charge is -2.31. The van der Waals surface area contributed by atoms with Crippen LogP contribution in [0.15, 0.2) is 23.3 Å². The van der Waals surface area contributed by atoms with Crippen molar-refractivity contribution >= 4 is 5.78 Å². The highest BCUT2D eigenvalue weighted by Crippen LogP contribution is 2.39. The molecule has 1 nitrogen and oxygen atoms in total. The van der Waals surface area contributed by atoms with Gasteiger partial charge in [0.05, 0.1) is 0 Å². The summed E-state index contributed by atoms with van der Waals surface area (Å²) in [6, 6.07) is 0. The van der Waals surface area contributed by atoms with Gasteiger partial charge in [0.15, 0.2) is 5.78 Å². The van der Waals surface area contributed by atoms with Crippen molar-refractivity contribution in [2.75, 3.05) is 0 Å². The summed E-state index contributed by atoms with van der Waals surface area (Å²) in [4.78, 5) is 11.5. The summed E-state index contributed by atoms with van der Waals surface area (Å²) >= 11 is 0. The summed E-state index contributed by atoms with van der Waals surface area (Å²) in [7, 11) is 0. The predicted molar refractivity (Wildman–Crippen MR) is 66.9 cm³/mol. The normalized spacial score (nSPS) is 20.3. The Morgan fingerprint density at radius 1 is 1.27 bits per heavy atom. The molecule has 0 spiro atoms. The lowest BCUT2D eigenvalue weighted by atomic mass is 9.72. The smallest absolute Gasteiger partial charge is 0.158 e.